The van der Waals surface area contributed by atoms with E-state index < -0.39 is 0 Å². The zero-order chi connectivity index (χ0) is 20.8. The van der Waals surface area contributed by atoms with E-state index in [-0.39, 0.29) is 6.10 Å². The van der Waals surface area contributed by atoms with E-state index in [1.54, 1.807) is 11.8 Å². The van der Waals surface area contributed by atoms with Crippen molar-refractivity contribution in [2.24, 2.45) is 0 Å². The fourth-order valence-electron chi connectivity index (χ4n) is 2.95. The molecule has 1 atom stereocenters. The van der Waals surface area contributed by atoms with Gasteiger partial charge in [0.1, 0.15) is 5.75 Å². The maximum atomic E-state index is 6.28. The van der Waals surface area contributed by atoms with Crippen LogP contribution in [0.2, 0.25) is 5.02 Å². The van der Waals surface area contributed by atoms with Crippen molar-refractivity contribution >= 4 is 23.4 Å². The molecule has 0 aliphatic heterocycles. The van der Waals surface area contributed by atoms with Gasteiger partial charge >= 0.3 is 0 Å². The monoisotopic (exact) mass is 427 g/mol. The van der Waals surface area contributed by atoms with Gasteiger partial charge in [0.15, 0.2) is 17.1 Å². The van der Waals surface area contributed by atoms with Gasteiger partial charge < -0.3 is 4.74 Å². The summed E-state index contributed by atoms with van der Waals surface area (Å²) in [7, 11) is 0. The van der Waals surface area contributed by atoms with Gasteiger partial charge in [0.25, 0.3) is 0 Å². The molecule has 0 fully saturated rings. The summed E-state index contributed by atoms with van der Waals surface area (Å²) in [4.78, 5) is 0. The Balaban J connectivity index is 1.74. The SMILES string of the molecule is C=CCn1c(SCc2ccccc2Cl)nnc1[C@@H](C)Oc1ccc(C(C)C)cc1. The maximum absolute atomic E-state index is 6.28. The van der Waals surface area contributed by atoms with E-state index in [4.69, 9.17) is 16.3 Å². The Labute approximate surface area is 182 Å². The molecule has 4 nitrogen and oxygen atoms in total. The largest absolute Gasteiger partial charge is 0.483 e. The first kappa shape index (κ1) is 21.5. The van der Waals surface area contributed by atoms with Crippen LogP contribution in [-0.2, 0) is 12.3 Å². The second-order valence-electron chi connectivity index (χ2n) is 7.10. The van der Waals surface area contributed by atoms with Crippen LogP contribution in [0.3, 0.4) is 0 Å². The number of thioether (sulfide) groups is 1. The number of benzene rings is 2. The molecule has 152 valence electrons. The molecule has 0 aliphatic carbocycles. The van der Waals surface area contributed by atoms with Gasteiger partial charge in [0.2, 0.25) is 0 Å². The average Bonchev–Trinajstić information content (AvgIpc) is 3.11. The topological polar surface area (TPSA) is 39.9 Å². The highest BCUT2D eigenvalue weighted by molar-refractivity contribution is 7.98. The van der Waals surface area contributed by atoms with Crippen molar-refractivity contribution < 1.29 is 4.74 Å². The molecule has 29 heavy (non-hydrogen) atoms. The number of allylic oxidation sites excluding steroid dienone is 1. The van der Waals surface area contributed by atoms with Crippen LogP contribution >= 0.6 is 23.4 Å². The number of nitrogens with zero attached hydrogens (tertiary/aromatic N) is 3. The zero-order valence-corrected chi connectivity index (χ0v) is 18.6. The third-order valence-electron chi connectivity index (χ3n) is 4.59. The van der Waals surface area contributed by atoms with Crippen molar-refractivity contribution in [3.63, 3.8) is 0 Å². The first-order valence-corrected chi connectivity index (χ1v) is 11.0. The Morgan fingerprint density at radius 1 is 1.10 bits per heavy atom. The highest BCUT2D eigenvalue weighted by Crippen LogP contribution is 2.29. The van der Waals surface area contributed by atoms with Gasteiger partial charge in [0, 0.05) is 17.3 Å². The van der Waals surface area contributed by atoms with E-state index in [9.17, 15) is 0 Å². The Morgan fingerprint density at radius 3 is 2.48 bits per heavy atom. The minimum atomic E-state index is -0.234. The number of aromatic nitrogens is 3. The summed E-state index contributed by atoms with van der Waals surface area (Å²) in [5, 5.41) is 10.4. The van der Waals surface area contributed by atoms with Gasteiger partial charge in [0.05, 0.1) is 0 Å². The van der Waals surface area contributed by atoms with Crippen LogP contribution in [0.5, 0.6) is 5.75 Å². The number of hydrogen-bond acceptors (Lipinski definition) is 4. The molecule has 0 saturated heterocycles. The predicted molar refractivity (Wildman–Crippen MR) is 121 cm³/mol. The molecule has 3 aromatic rings. The lowest BCUT2D eigenvalue weighted by atomic mass is 10.0. The number of ether oxygens (including phenoxy) is 1. The summed E-state index contributed by atoms with van der Waals surface area (Å²) in [6.45, 7) is 10.8. The lowest BCUT2D eigenvalue weighted by Gasteiger charge is -2.16. The summed E-state index contributed by atoms with van der Waals surface area (Å²) in [5.41, 5.74) is 2.36. The van der Waals surface area contributed by atoms with Gasteiger partial charge in [-0.05, 0) is 42.2 Å². The van der Waals surface area contributed by atoms with Crippen molar-refractivity contribution in [3.8, 4) is 5.75 Å². The minimum Gasteiger partial charge on any atom is -0.483 e. The zero-order valence-electron chi connectivity index (χ0n) is 17.0. The second kappa shape index (κ2) is 9.99. The molecule has 2 aromatic carbocycles. The summed E-state index contributed by atoms with van der Waals surface area (Å²) in [5.74, 6) is 2.82. The lowest BCUT2D eigenvalue weighted by molar-refractivity contribution is 0.210. The molecular formula is C23H26ClN3OS. The highest BCUT2D eigenvalue weighted by Gasteiger charge is 2.19. The molecule has 0 saturated carbocycles. The standard InChI is InChI=1S/C23H26ClN3OS/c1-5-14-27-22(17(4)28-20-12-10-18(11-13-20)16(2)3)25-26-23(27)29-15-19-8-6-7-9-21(19)24/h5-13,16-17H,1,14-15H2,2-4H3/t17-/m1/s1. The molecule has 0 amide bonds. The average molecular weight is 428 g/mol. The summed E-state index contributed by atoms with van der Waals surface area (Å²) >= 11 is 7.88. The smallest absolute Gasteiger partial charge is 0.191 e. The van der Waals surface area contributed by atoms with Crippen LogP contribution in [0, 0.1) is 0 Å². The van der Waals surface area contributed by atoms with Gasteiger partial charge in [-0.3, -0.25) is 4.57 Å². The summed E-state index contributed by atoms with van der Waals surface area (Å²) < 4.78 is 8.17. The Hall–Kier alpha value is -2.24. The Bertz CT molecular complexity index is 953. The molecule has 3 rings (SSSR count). The van der Waals surface area contributed by atoms with Crippen LogP contribution in [0.4, 0.5) is 0 Å². The summed E-state index contributed by atoms with van der Waals surface area (Å²) in [6.07, 6.45) is 1.61. The molecule has 6 heteroatoms. The fraction of sp³-hybridized carbons (Fsp3) is 0.304. The van der Waals surface area contributed by atoms with Crippen molar-refractivity contribution in [1.29, 1.82) is 0 Å². The van der Waals surface area contributed by atoms with E-state index in [0.717, 1.165) is 33.1 Å². The number of halogens is 1. The number of hydrogen-bond donors (Lipinski definition) is 0. The molecule has 0 bridgehead atoms. The van der Waals surface area contributed by atoms with Gasteiger partial charge in [-0.25, -0.2) is 0 Å². The lowest BCUT2D eigenvalue weighted by Crippen LogP contribution is -2.12. The van der Waals surface area contributed by atoms with Crippen LogP contribution in [-0.4, -0.2) is 14.8 Å². The van der Waals surface area contributed by atoms with Crippen LogP contribution in [0.15, 0.2) is 66.3 Å². The highest BCUT2D eigenvalue weighted by atomic mass is 35.5. The van der Waals surface area contributed by atoms with Crippen LogP contribution in [0.25, 0.3) is 0 Å². The molecule has 0 N–H and O–H groups in total. The Kier molecular flexibility index (Phi) is 7.40. The van der Waals surface area contributed by atoms with E-state index in [0.29, 0.717) is 12.5 Å². The van der Waals surface area contributed by atoms with E-state index in [1.807, 2.05) is 54.0 Å². The molecular weight excluding hydrogens is 402 g/mol. The Morgan fingerprint density at radius 2 is 1.83 bits per heavy atom. The number of rotatable bonds is 9. The third-order valence-corrected chi connectivity index (χ3v) is 5.98. The minimum absolute atomic E-state index is 0.234. The van der Waals surface area contributed by atoms with Gasteiger partial charge in [-0.15, -0.1) is 16.8 Å². The molecule has 1 heterocycles. The quantitative estimate of drug-likeness (QED) is 0.282. The fourth-order valence-corrected chi connectivity index (χ4v) is 4.19. The first-order valence-electron chi connectivity index (χ1n) is 9.66. The van der Waals surface area contributed by atoms with Gasteiger partial charge in [-0.1, -0.05) is 73.6 Å². The van der Waals surface area contributed by atoms with Crippen molar-refractivity contribution in [2.75, 3.05) is 0 Å². The molecule has 0 unspecified atom stereocenters. The van der Waals surface area contributed by atoms with Crippen molar-refractivity contribution in [2.45, 2.75) is 50.2 Å². The van der Waals surface area contributed by atoms with Crippen LogP contribution in [0.1, 0.15) is 49.7 Å². The first-order chi connectivity index (χ1) is 14.0. The molecule has 1 aromatic heterocycles. The van der Waals surface area contributed by atoms with E-state index >= 15 is 0 Å². The molecule has 0 aliphatic rings. The third kappa shape index (κ3) is 5.43. The summed E-state index contributed by atoms with van der Waals surface area (Å²) in [6, 6.07) is 16.1. The van der Waals surface area contributed by atoms with Gasteiger partial charge in [-0.2, -0.15) is 0 Å². The normalized spacial score (nSPS) is 12.2. The molecule has 0 spiro atoms. The maximum Gasteiger partial charge on any atom is 0.191 e. The van der Waals surface area contributed by atoms with Crippen LogP contribution < -0.4 is 4.74 Å². The second-order valence-corrected chi connectivity index (χ2v) is 8.45. The van der Waals surface area contributed by atoms with Crippen molar-refractivity contribution in [1.82, 2.24) is 14.8 Å². The molecule has 0 radical (unpaired) electrons. The van der Waals surface area contributed by atoms with E-state index in [1.165, 1.54) is 5.56 Å². The van der Waals surface area contributed by atoms with Crippen molar-refractivity contribution in [3.05, 3.63) is 83.2 Å². The predicted octanol–water partition coefficient (Wildman–Crippen LogP) is 6.67. The van der Waals surface area contributed by atoms with E-state index in [2.05, 4.69) is 42.8 Å².